The van der Waals surface area contributed by atoms with E-state index < -0.39 is 0 Å². The van der Waals surface area contributed by atoms with Crippen LogP contribution in [0.3, 0.4) is 0 Å². The molecular weight excluding hydrogens is 220 g/mol. The number of nitrogens with zero attached hydrogens (tertiary/aromatic N) is 2. The summed E-state index contributed by atoms with van der Waals surface area (Å²) in [5.74, 6) is -0.0425. The summed E-state index contributed by atoms with van der Waals surface area (Å²) in [6, 6.07) is 0. The van der Waals surface area contributed by atoms with Crippen LogP contribution in [0.15, 0.2) is 5.38 Å². The van der Waals surface area contributed by atoms with E-state index in [2.05, 4.69) is 11.9 Å². The van der Waals surface area contributed by atoms with Gasteiger partial charge in [-0.1, -0.05) is 6.92 Å². The molecule has 1 aromatic rings. The zero-order valence-electron chi connectivity index (χ0n) is 8.29. The number of carbonyl (C=O) groups is 1. The molecule has 1 amide bonds. The molecule has 0 aromatic carbocycles. The van der Waals surface area contributed by atoms with Crippen LogP contribution in [0.1, 0.15) is 17.6 Å². The van der Waals surface area contributed by atoms with E-state index in [1.807, 2.05) is 5.38 Å². The molecule has 3 nitrogen and oxygen atoms in total. The van der Waals surface area contributed by atoms with E-state index >= 15 is 0 Å². The normalized spacial score (nSPS) is 10.2. The lowest BCUT2D eigenvalue weighted by atomic mass is 10.4. The maximum atomic E-state index is 11.2. The molecule has 5 heteroatoms. The minimum Gasteiger partial charge on any atom is -0.339 e. The van der Waals surface area contributed by atoms with Crippen molar-refractivity contribution >= 4 is 28.8 Å². The molecule has 1 heterocycles. The zero-order valence-corrected chi connectivity index (χ0v) is 9.86. The molecule has 0 saturated heterocycles. The number of halogens is 1. The van der Waals surface area contributed by atoms with Gasteiger partial charge in [-0.2, -0.15) is 0 Å². The number of aromatic nitrogens is 1. The Bertz CT molecular complexity index is 314. The van der Waals surface area contributed by atoms with Gasteiger partial charge in [0.2, 0.25) is 5.91 Å². The first-order valence-corrected chi connectivity index (χ1v) is 5.82. The van der Waals surface area contributed by atoms with E-state index in [1.54, 1.807) is 23.3 Å². The Morgan fingerprint density at radius 2 is 2.43 bits per heavy atom. The van der Waals surface area contributed by atoms with Gasteiger partial charge in [-0.15, -0.1) is 22.9 Å². The summed E-state index contributed by atoms with van der Waals surface area (Å²) in [6.45, 7) is 2.61. The number of rotatable bonds is 4. The first kappa shape index (κ1) is 11.5. The minimum atomic E-state index is -0.0716. The van der Waals surface area contributed by atoms with Crippen molar-refractivity contribution in [2.24, 2.45) is 0 Å². The molecule has 1 aromatic heterocycles. The fourth-order valence-corrected chi connectivity index (χ4v) is 1.96. The Kier molecular flexibility index (Phi) is 4.35. The number of hydrogen-bond donors (Lipinski definition) is 0. The Morgan fingerprint density at radius 1 is 1.71 bits per heavy atom. The second-order valence-corrected chi connectivity index (χ2v) is 4.18. The molecule has 78 valence electrons. The van der Waals surface area contributed by atoms with Gasteiger partial charge in [0, 0.05) is 12.4 Å². The molecule has 1 rings (SSSR count). The quantitative estimate of drug-likeness (QED) is 0.743. The number of thiazole rings is 1. The molecular formula is C9H13ClN2OS. The first-order valence-electron chi connectivity index (χ1n) is 4.40. The maximum Gasteiger partial charge on any atom is 0.237 e. The topological polar surface area (TPSA) is 33.2 Å². The Morgan fingerprint density at radius 3 is 2.93 bits per heavy atom. The van der Waals surface area contributed by atoms with Crippen molar-refractivity contribution in [3.8, 4) is 0 Å². The van der Waals surface area contributed by atoms with E-state index in [0.29, 0.717) is 6.54 Å². The van der Waals surface area contributed by atoms with Gasteiger partial charge in [0.1, 0.15) is 5.88 Å². The number of alkyl halides is 1. The third-order valence-electron chi connectivity index (χ3n) is 1.84. The monoisotopic (exact) mass is 232 g/mol. The molecule has 0 N–H and O–H groups in total. The van der Waals surface area contributed by atoms with E-state index in [0.717, 1.165) is 17.1 Å². The molecule has 0 aliphatic rings. The van der Waals surface area contributed by atoms with E-state index in [1.165, 1.54) is 0 Å². The Balaban J connectivity index is 2.55. The lowest BCUT2D eigenvalue weighted by Gasteiger charge is -2.13. The number of hydrogen-bond acceptors (Lipinski definition) is 3. The van der Waals surface area contributed by atoms with Crippen LogP contribution in [-0.4, -0.2) is 28.7 Å². The first-order chi connectivity index (χ1) is 6.67. The van der Waals surface area contributed by atoms with Crippen LogP contribution in [0.4, 0.5) is 0 Å². The van der Waals surface area contributed by atoms with Crippen molar-refractivity contribution in [1.82, 2.24) is 9.88 Å². The number of aryl methyl sites for hydroxylation is 1. The summed E-state index contributed by atoms with van der Waals surface area (Å²) in [7, 11) is 1.73. The largest absolute Gasteiger partial charge is 0.339 e. The minimum absolute atomic E-state index is 0.0290. The van der Waals surface area contributed by atoms with E-state index in [9.17, 15) is 4.79 Å². The van der Waals surface area contributed by atoms with Gasteiger partial charge in [-0.25, -0.2) is 4.98 Å². The molecule has 0 radical (unpaired) electrons. The van der Waals surface area contributed by atoms with Gasteiger partial charge in [-0.3, -0.25) is 4.79 Å². The lowest BCUT2D eigenvalue weighted by molar-refractivity contribution is -0.127. The average Bonchev–Trinajstić information content (AvgIpc) is 2.64. The summed E-state index contributed by atoms with van der Waals surface area (Å²) >= 11 is 7.07. The van der Waals surface area contributed by atoms with Gasteiger partial charge in [0.25, 0.3) is 0 Å². The van der Waals surface area contributed by atoms with Crippen molar-refractivity contribution in [3.05, 3.63) is 16.1 Å². The van der Waals surface area contributed by atoms with Gasteiger partial charge in [0.05, 0.1) is 17.2 Å². The molecule has 0 aliphatic heterocycles. The highest BCUT2D eigenvalue weighted by Gasteiger charge is 2.09. The van der Waals surface area contributed by atoms with Crippen LogP contribution in [0.2, 0.25) is 0 Å². The van der Waals surface area contributed by atoms with Crippen LogP contribution in [0.25, 0.3) is 0 Å². The van der Waals surface area contributed by atoms with Crippen LogP contribution < -0.4 is 0 Å². The Hall–Kier alpha value is -0.610. The van der Waals surface area contributed by atoms with Gasteiger partial charge < -0.3 is 4.90 Å². The maximum absolute atomic E-state index is 11.2. The lowest BCUT2D eigenvalue weighted by Crippen LogP contribution is -2.27. The highest BCUT2D eigenvalue weighted by atomic mass is 35.5. The van der Waals surface area contributed by atoms with Gasteiger partial charge >= 0.3 is 0 Å². The summed E-state index contributed by atoms with van der Waals surface area (Å²) in [5.41, 5.74) is 0.938. The predicted octanol–water partition coefficient (Wildman–Crippen LogP) is 1.90. The van der Waals surface area contributed by atoms with Crippen LogP contribution in [-0.2, 0) is 17.8 Å². The van der Waals surface area contributed by atoms with Crippen LogP contribution in [0, 0.1) is 0 Å². The fraction of sp³-hybridized carbons (Fsp3) is 0.556. The highest BCUT2D eigenvalue weighted by Crippen LogP contribution is 2.11. The zero-order chi connectivity index (χ0) is 10.6. The average molecular weight is 233 g/mol. The van der Waals surface area contributed by atoms with Crippen molar-refractivity contribution in [2.45, 2.75) is 19.9 Å². The van der Waals surface area contributed by atoms with Crippen LogP contribution >= 0.6 is 22.9 Å². The molecule has 0 aliphatic carbocycles. The molecule has 0 atom stereocenters. The summed E-state index contributed by atoms with van der Waals surface area (Å²) in [6.07, 6.45) is 0.942. The molecule has 0 spiro atoms. The molecule has 0 unspecified atom stereocenters. The van der Waals surface area contributed by atoms with Crippen molar-refractivity contribution in [2.75, 3.05) is 12.9 Å². The van der Waals surface area contributed by atoms with E-state index in [-0.39, 0.29) is 11.8 Å². The van der Waals surface area contributed by atoms with Crippen molar-refractivity contribution < 1.29 is 4.79 Å². The second-order valence-electron chi connectivity index (χ2n) is 2.97. The predicted molar refractivity (Wildman–Crippen MR) is 58.7 cm³/mol. The molecule has 0 saturated carbocycles. The van der Waals surface area contributed by atoms with E-state index in [4.69, 9.17) is 11.6 Å². The van der Waals surface area contributed by atoms with Crippen molar-refractivity contribution in [3.63, 3.8) is 0 Å². The third kappa shape index (κ3) is 2.96. The van der Waals surface area contributed by atoms with Gasteiger partial charge in [0.15, 0.2) is 0 Å². The fourth-order valence-electron chi connectivity index (χ4n) is 1.02. The Labute approximate surface area is 92.7 Å². The third-order valence-corrected chi connectivity index (χ3v) is 3.11. The second kappa shape index (κ2) is 5.32. The summed E-state index contributed by atoms with van der Waals surface area (Å²) < 4.78 is 0. The SMILES string of the molecule is CCc1nc(CN(C)C(=O)CCl)cs1. The molecule has 0 bridgehead atoms. The number of carbonyl (C=O) groups excluding carboxylic acids is 1. The summed E-state index contributed by atoms with van der Waals surface area (Å²) in [4.78, 5) is 17.1. The number of amides is 1. The smallest absolute Gasteiger partial charge is 0.237 e. The molecule has 0 fully saturated rings. The highest BCUT2D eigenvalue weighted by molar-refractivity contribution is 7.09. The molecule has 14 heavy (non-hydrogen) atoms. The van der Waals surface area contributed by atoms with Gasteiger partial charge in [-0.05, 0) is 6.42 Å². The van der Waals surface area contributed by atoms with Crippen LogP contribution in [0.5, 0.6) is 0 Å². The van der Waals surface area contributed by atoms with Crippen molar-refractivity contribution in [1.29, 1.82) is 0 Å². The standard InChI is InChI=1S/C9H13ClN2OS/c1-3-8-11-7(6-14-8)5-12(2)9(13)4-10/h6H,3-5H2,1-2H3. The summed E-state index contributed by atoms with van der Waals surface area (Å²) in [5, 5.41) is 3.09.